The number of benzene rings is 4. The Bertz CT molecular complexity index is 1170. The van der Waals surface area contributed by atoms with Crippen LogP contribution in [0.5, 0.6) is 0 Å². The van der Waals surface area contributed by atoms with Gasteiger partial charge in [-0.25, -0.2) is 4.99 Å². The van der Waals surface area contributed by atoms with E-state index >= 15 is 0 Å². The zero-order chi connectivity index (χ0) is 23.3. The third-order valence-electron chi connectivity index (χ3n) is 5.52. The minimum atomic E-state index is -0.836. The normalized spacial score (nSPS) is 12.1. The van der Waals surface area contributed by atoms with Crippen molar-refractivity contribution >= 4 is 30.2 Å². The van der Waals surface area contributed by atoms with Gasteiger partial charge in [0.1, 0.15) is 5.84 Å². The molecular formula is C30H31N2P. The van der Waals surface area contributed by atoms with E-state index in [9.17, 15) is 0 Å². The van der Waals surface area contributed by atoms with Crippen molar-refractivity contribution in [2.45, 2.75) is 33.1 Å². The van der Waals surface area contributed by atoms with Crippen LogP contribution in [0.25, 0.3) is 0 Å². The topological polar surface area (TPSA) is 24.4 Å². The highest BCUT2D eigenvalue weighted by Gasteiger charge is 2.20. The van der Waals surface area contributed by atoms with Gasteiger partial charge in [0.2, 0.25) is 0 Å². The zero-order valence-corrected chi connectivity index (χ0v) is 20.7. The number of para-hydroxylation sites is 1. The second-order valence-corrected chi connectivity index (χ2v) is 11.1. The van der Waals surface area contributed by atoms with E-state index in [4.69, 9.17) is 4.99 Å². The van der Waals surface area contributed by atoms with Gasteiger partial charge in [-0.15, -0.1) is 0 Å². The molecule has 0 radical (unpaired) electrons. The van der Waals surface area contributed by atoms with E-state index in [1.807, 2.05) is 0 Å². The third-order valence-corrected chi connectivity index (χ3v) is 7.58. The predicted octanol–water partition coefficient (Wildman–Crippen LogP) is 7.01. The van der Waals surface area contributed by atoms with Gasteiger partial charge >= 0.3 is 0 Å². The fourth-order valence-electron chi connectivity index (χ4n) is 3.73. The van der Waals surface area contributed by atoms with Crippen LogP contribution in [-0.4, -0.2) is 5.84 Å². The van der Waals surface area contributed by atoms with Gasteiger partial charge < -0.3 is 5.09 Å². The van der Waals surface area contributed by atoms with Crippen molar-refractivity contribution in [1.82, 2.24) is 5.09 Å². The molecule has 4 rings (SSSR count). The first kappa shape index (κ1) is 23.0. The molecule has 0 fully saturated rings. The van der Waals surface area contributed by atoms with Gasteiger partial charge in [0.25, 0.3) is 0 Å². The van der Waals surface area contributed by atoms with Crippen LogP contribution in [-0.2, 0) is 5.41 Å². The molecule has 4 aromatic rings. The van der Waals surface area contributed by atoms with E-state index in [2.05, 4.69) is 142 Å². The summed E-state index contributed by atoms with van der Waals surface area (Å²) in [7, 11) is -0.836. The van der Waals surface area contributed by atoms with E-state index in [0.717, 1.165) is 17.1 Å². The Kier molecular flexibility index (Phi) is 7.06. The quantitative estimate of drug-likeness (QED) is 0.197. The van der Waals surface area contributed by atoms with Crippen molar-refractivity contribution < 1.29 is 0 Å². The molecule has 0 bridgehead atoms. The monoisotopic (exact) mass is 450 g/mol. The number of aliphatic imine (C=N–C) groups is 1. The lowest BCUT2D eigenvalue weighted by atomic mass is 9.86. The maximum atomic E-state index is 5.24. The SMILES string of the molecule is Cc1ccc(/C(=N\c2ccccc2C(C)(C)C)NP(c2ccccc2)c2ccccc2)cc1. The van der Waals surface area contributed by atoms with Crippen LogP contribution in [0.4, 0.5) is 5.69 Å². The molecule has 2 nitrogen and oxygen atoms in total. The highest BCUT2D eigenvalue weighted by atomic mass is 31.1. The Labute approximate surface area is 199 Å². The molecule has 166 valence electrons. The average molecular weight is 451 g/mol. The van der Waals surface area contributed by atoms with Crippen LogP contribution in [0.15, 0.2) is 114 Å². The molecule has 0 saturated carbocycles. The molecule has 0 heterocycles. The summed E-state index contributed by atoms with van der Waals surface area (Å²) in [6.07, 6.45) is 0. The van der Waals surface area contributed by atoms with Gasteiger partial charge in [-0.05, 0) is 24.0 Å². The van der Waals surface area contributed by atoms with E-state index in [1.165, 1.54) is 21.7 Å². The first-order chi connectivity index (χ1) is 15.9. The Morgan fingerprint density at radius 1 is 0.667 bits per heavy atom. The molecular weight excluding hydrogens is 419 g/mol. The molecule has 0 aliphatic rings. The van der Waals surface area contributed by atoms with Crippen molar-refractivity contribution in [2.75, 3.05) is 0 Å². The van der Waals surface area contributed by atoms with E-state index in [-0.39, 0.29) is 5.41 Å². The summed E-state index contributed by atoms with van der Waals surface area (Å²) >= 11 is 0. The minimum absolute atomic E-state index is 0.00206. The standard InChI is InChI=1S/C30H31N2P/c1-23-19-21-24(22-20-23)29(31-28-18-12-11-17-27(28)30(2,3)4)32-33(25-13-7-5-8-14-25)26-15-9-6-10-16-26/h5-22H,1-4H3,(H,31,32). The Hall–Kier alpha value is -3.22. The zero-order valence-electron chi connectivity index (χ0n) is 19.8. The maximum Gasteiger partial charge on any atom is 0.137 e. The Morgan fingerprint density at radius 2 is 1.18 bits per heavy atom. The Balaban J connectivity index is 1.85. The van der Waals surface area contributed by atoms with Crippen molar-refractivity contribution in [3.63, 3.8) is 0 Å². The smallest absolute Gasteiger partial charge is 0.137 e. The molecule has 0 atom stereocenters. The van der Waals surface area contributed by atoms with Crippen molar-refractivity contribution in [2.24, 2.45) is 4.99 Å². The lowest BCUT2D eigenvalue weighted by molar-refractivity contribution is 0.591. The minimum Gasteiger partial charge on any atom is -0.341 e. The van der Waals surface area contributed by atoms with Crippen molar-refractivity contribution in [3.8, 4) is 0 Å². The van der Waals surface area contributed by atoms with Gasteiger partial charge in [-0.1, -0.05) is 129 Å². The summed E-state index contributed by atoms with van der Waals surface area (Å²) in [4.78, 5) is 5.24. The molecule has 0 spiro atoms. The molecule has 1 N–H and O–H groups in total. The highest BCUT2D eigenvalue weighted by molar-refractivity contribution is 7.71. The second kappa shape index (κ2) is 10.1. The van der Waals surface area contributed by atoms with E-state index in [0.29, 0.717) is 0 Å². The number of aryl methyl sites for hydroxylation is 1. The van der Waals surface area contributed by atoms with E-state index < -0.39 is 8.07 Å². The molecule has 3 heteroatoms. The fraction of sp³-hybridized carbons (Fsp3) is 0.167. The molecule has 0 aliphatic carbocycles. The molecule has 33 heavy (non-hydrogen) atoms. The third kappa shape index (κ3) is 5.78. The van der Waals surface area contributed by atoms with Crippen molar-refractivity contribution in [1.29, 1.82) is 0 Å². The van der Waals surface area contributed by atoms with Gasteiger partial charge in [0, 0.05) is 16.2 Å². The second-order valence-electron chi connectivity index (χ2n) is 9.21. The average Bonchev–Trinajstić information content (AvgIpc) is 2.83. The lowest BCUT2D eigenvalue weighted by Crippen LogP contribution is -2.29. The Morgan fingerprint density at radius 3 is 1.73 bits per heavy atom. The first-order valence-corrected chi connectivity index (χ1v) is 12.7. The van der Waals surface area contributed by atoms with Crippen molar-refractivity contribution in [3.05, 3.63) is 126 Å². The molecule has 0 aromatic heterocycles. The molecule has 0 aliphatic heterocycles. The summed E-state index contributed by atoms with van der Waals surface area (Å²) in [6.45, 7) is 8.83. The maximum absolute atomic E-state index is 5.24. The number of hydrogen-bond donors (Lipinski definition) is 1. The number of nitrogens with zero attached hydrogens (tertiary/aromatic N) is 1. The number of amidine groups is 1. The van der Waals surface area contributed by atoms with Crippen LogP contribution in [0, 0.1) is 6.92 Å². The van der Waals surface area contributed by atoms with E-state index in [1.54, 1.807) is 0 Å². The largest absolute Gasteiger partial charge is 0.341 e. The van der Waals surface area contributed by atoms with Crippen LogP contribution in [0.2, 0.25) is 0 Å². The lowest BCUT2D eigenvalue weighted by Gasteiger charge is -2.24. The summed E-state index contributed by atoms with van der Waals surface area (Å²) in [5.74, 6) is 0.894. The van der Waals surface area contributed by atoms with Gasteiger partial charge in [0.15, 0.2) is 0 Å². The number of hydrogen-bond acceptors (Lipinski definition) is 1. The summed E-state index contributed by atoms with van der Waals surface area (Å²) in [6, 6.07) is 38.4. The molecule has 0 unspecified atom stereocenters. The van der Waals surface area contributed by atoms with Crippen LogP contribution in [0.1, 0.15) is 37.5 Å². The number of nitrogens with one attached hydrogen (secondary N) is 1. The first-order valence-electron chi connectivity index (χ1n) is 11.3. The summed E-state index contributed by atoms with van der Waals surface area (Å²) < 4.78 is 0. The fourth-order valence-corrected chi connectivity index (χ4v) is 5.62. The van der Waals surface area contributed by atoms with Gasteiger partial charge in [0.05, 0.1) is 13.8 Å². The molecule has 0 amide bonds. The van der Waals surface area contributed by atoms with Gasteiger partial charge in [-0.2, -0.15) is 0 Å². The highest BCUT2D eigenvalue weighted by Crippen LogP contribution is 2.34. The molecule has 4 aromatic carbocycles. The van der Waals surface area contributed by atoms with Crippen LogP contribution < -0.4 is 15.7 Å². The predicted molar refractivity (Wildman–Crippen MR) is 145 cm³/mol. The van der Waals surface area contributed by atoms with Gasteiger partial charge in [-0.3, -0.25) is 0 Å². The molecule has 0 saturated heterocycles. The van der Waals surface area contributed by atoms with Crippen LogP contribution >= 0.6 is 8.07 Å². The van der Waals surface area contributed by atoms with Crippen LogP contribution in [0.3, 0.4) is 0 Å². The summed E-state index contributed by atoms with van der Waals surface area (Å²) in [5.41, 5.74) is 4.57. The number of rotatable bonds is 5. The summed E-state index contributed by atoms with van der Waals surface area (Å²) in [5, 5.41) is 6.40.